The number of nitrogens with one attached hydrogen (secondary N) is 12. The molecule has 29 nitrogen and oxygen atoms in total. The van der Waals surface area contributed by atoms with Gasteiger partial charge in [0, 0.05) is 38.0 Å². The Kier molecular flexibility index (Phi) is 26.1. The average molecular weight is 1030 g/mol. The van der Waals surface area contributed by atoms with Gasteiger partial charge in [0.1, 0.15) is 42.3 Å². The Morgan fingerprint density at radius 2 is 1.39 bits per heavy atom. The first-order chi connectivity index (χ1) is 33.5. The molecule has 1 saturated heterocycles. The molecule has 398 valence electrons. The summed E-state index contributed by atoms with van der Waals surface area (Å²) in [6.07, 6.45) is 1.94. The summed E-state index contributed by atoms with van der Waals surface area (Å²) in [5, 5.41) is 67.2. The third-order valence-electron chi connectivity index (χ3n) is 10.8. The summed E-state index contributed by atoms with van der Waals surface area (Å²) in [5.74, 6) is -9.14. The fraction of sp³-hybridized carbons (Fsp3) is 0.659. The number of aromatic amines is 1. The number of thiol groups is 1. The lowest BCUT2D eigenvalue weighted by Gasteiger charge is -2.30. The van der Waals surface area contributed by atoms with E-state index in [1.807, 2.05) is 0 Å². The number of nitrogens with zero attached hydrogens (tertiary/aromatic N) is 2. The van der Waals surface area contributed by atoms with Crippen LogP contribution in [0.15, 0.2) is 12.5 Å². The van der Waals surface area contributed by atoms with Gasteiger partial charge in [0.15, 0.2) is 11.9 Å². The van der Waals surface area contributed by atoms with E-state index >= 15 is 0 Å². The quantitative estimate of drug-likeness (QED) is 0.0142. The third-order valence-corrected chi connectivity index (χ3v) is 11.2. The predicted molar refractivity (Wildman–Crippen MR) is 258 cm³/mol. The molecular weight excluding hydrogens is 955 g/mol. The average Bonchev–Trinajstić information content (AvgIpc) is 4.02. The van der Waals surface area contributed by atoms with Crippen LogP contribution in [-0.4, -0.2) is 188 Å². The number of nitrogens with two attached hydrogens (primary N) is 3. The second-order valence-electron chi connectivity index (χ2n) is 17.2. The lowest BCUT2D eigenvalue weighted by atomic mass is 10.0. The number of guanidine groups is 2. The SMILES string of the molecule is CC(C)C[C@H](NC(=O)[C@H](CCCNC(=N)N)NC(=O)[C@@H]1CCCN1C(=O)[C@H](CO)NC(=O)[C@@H](NC(=O)[C@@H](N)CS)[C@@H](C)O)C(=O)NCC(=O)N[C@@H](Cc1c[nH]cn1)C(=O)N[C@@H](CCCNC(=N)N)C(=O)O. The lowest BCUT2D eigenvalue weighted by molar-refractivity contribution is -0.143. The van der Waals surface area contributed by atoms with Crippen molar-refractivity contribution in [2.45, 2.75) is 127 Å². The zero-order valence-electron chi connectivity index (χ0n) is 39.9. The highest BCUT2D eigenvalue weighted by molar-refractivity contribution is 7.80. The summed E-state index contributed by atoms with van der Waals surface area (Å²) < 4.78 is 0. The fourth-order valence-corrected chi connectivity index (χ4v) is 7.32. The lowest BCUT2D eigenvalue weighted by Crippen LogP contribution is -2.61. The van der Waals surface area contributed by atoms with Crippen molar-refractivity contribution in [2.75, 3.05) is 38.5 Å². The number of likely N-dealkylation sites (tertiary alicyclic amines) is 1. The van der Waals surface area contributed by atoms with E-state index in [4.69, 9.17) is 28.0 Å². The minimum atomic E-state index is -1.62. The van der Waals surface area contributed by atoms with Crippen LogP contribution >= 0.6 is 12.6 Å². The number of aliphatic hydroxyl groups excluding tert-OH is 2. The number of amides is 8. The summed E-state index contributed by atoms with van der Waals surface area (Å²) in [6.45, 7) is 3.40. The Hall–Kier alpha value is -6.79. The van der Waals surface area contributed by atoms with Crippen LogP contribution in [0.1, 0.15) is 71.4 Å². The second-order valence-corrected chi connectivity index (χ2v) is 17.5. The molecule has 2 rings (SSSR count). The van der Waals surface area contributed by atoms with Crippen LogP contribution in [0, 0.1) is 16.7 Å². The number of carboxylic acids is 1. The van der Waals surface area contributed by atoms with Crippen LogP contribution in [0.2, 0.25) is 0 Å². The molecule has 2 heterocycles. The number of carbonyl (C=O) groups excluding carboxylic acids is 8. The zero-order chi connectivity index (χ0) is 53.4. The first kappa shape index (κ1) is 60.3. The smallest absolute Gasteiger partial charge is 0.326 e. The van der Waals surface area contributed by atoms with Gasteiger partial charge >= 0.3 is 5.97 Å². The first-order valence-electron chi connectivity index (χ1n) is 22.9. The molecule has 1 aromatic rings. The summed E-state index contributed by atoms with van der Waals surface area (Å²) >= 11 is 3.95. The van der Waals surface area contributed by atoms with E-state index in [1.165, 1.54) is 19.4 Å². The summed E-state index contributed by atoms with van der Waals surface area (Å²) in [4.78, 5) is 127. The van der Waals surface area contributed by atoms with E-state index in [0.717, 1.165) is 4.90 Å². The Morgan fingerprint density at radius 1 is 0.803 bits per heavy atom. The molecule has 8 amide bonds. The van der Waals surface area contributed by atoms with Crippen molar-refractivity contribution in [2.24, 2.45) is 23.1 Å². The number of aromatic nitrogens is 2. The van der Waals surface area contributed by atoms with Crippen LogP contribution in [0.25, 0.3) is 0 Å². The van der Waals surface area contributed by atoms with Crippen molar-refractivity contribution in [3.05, 3.63) is 18.2 Å². The van der Waals surface area contributed by atoms with Crippen LogP contribution < -0.4 is 65.1 Å². The molecule has 0 unspecified atom stereocenters. The maximum Gasteiger partial charge on any atom is 0.326 e. The number of aliphatic hydroxyl groups is 2. The molecule has 0 radical (unpaired) electrons. The topological polar surface area (TPSA) is 480 Å². The highest BCUT2D eigenvalue weighted by atomic mass is 32.1. The maximum absolute atomic E-state index is 14.0. The van der Waals surface area contributed by atoms with Crippen LogP contribution in [0.5, 0.6) is 0 Å². The standard InChI is InChI=1S/C41H71N17O12S/c1-20(2)13-26(33(63)50-16-30(61)52-27(14-22-15-47-19-51-22)35(65)54-25(39(69)70)8-5-11-49-41(45)46)55-34(64)24(7-4-10-48-40(43)44)53-36(66)29-9-6-12-58(29)38(68)28(17-59)56-37(67)31(21(3)60)57-32(62)23(42)18-71/h15,19-21,23-29,31,59-60,71H,4-14,16-18,42H2,1-3H3,(H,47,51)(H,50,63)(H,52,61)(H,53,66)(H,54,65)(H,55,64)(H,56,67)(H,57,62)(H,69,70)(H4,43,44,48)(H4,45,46,49)/t21-,23+,24+,25+,26+,27+,28+,29+,31+/m1/s1. The van der Waals surface area contributed by atoms with Crippen molar-refractivity contribution in [1.29, 1.82) is 10.8 Å². The number of hydrogen-bond acceptors (Lipinski definition) is 16. The van der Waals surface area contributed by atoms with Gasteiger partial charge in [0.2, 0.25) is 47.3 Å². The van der Waals surface area contributed by atoms with Gasteiger partial charge in [0.25, 0.3) is 0 Å². The van der Waals surface area contributed by atoms with E-state index in [2.05, 4.69) is 70.4 Å². The van der Waals surface area contributed by atoms with Crippen molar-refractivity contribution in [3.8, 4) is 0 Å². The number of aliphatic carboxylic acids is 1. The van der Waals surface area contributed by atoms with Gasteiger partial charge in [-0.25, -0.2) is 9.78 Å². The molecular formula is C41H71N17O12S. The van der Waals surface area contributed by atoms with Crippen molar-refractivity contribution < 1.29 is 58.5 Å². The number of rotatable bonds is 31. The fourth-order valence-electron chi connectivity index (χ4n) is 7.16. The number of carboxylic acid groups (broad SMARTS) is 1. The van der Waals surface area contributed by atoms with Gasteiger partial charge in [0.05, 0.1) is 37.3 Å². The van der Waals surface area contributed by atoms with Gasteiger partial charge in [-0.2, -0.15) is 12.6 Å². The Balaban J connectivity index is 2.23. The number of imidazole rings is 1. The number of carbonyl (C=O) groups is 9. The van der Waals surface area contributed by atoms with Crippen LogP contribution in [-0.2, 0) is 49.6 Å². The minimum Gasteiger partial charge on any atom is -0.480 e. The molecule has 9 atom stereocenters. The Labute approximate surface area is 415 Å². The highest BCUT2D eigenvalue weighted by Gasteiger charge is 2.40. The van der Waals surface area contributed by atoms with Gasteiger partial charge in [-0.1, -0.05) is 13.8 Å². The second kappa shape index (κ2) is 30.7. The molecule has 1 aliphatic rings. The van der Waals surface area contributed by atoms with E-state index in [0.29, 0.717) is 12.1 Å². The summed E-state index contributed by atoms with van der Waals surface area (Å²) in [6, 6.07) is -10.8. The molecule has 1 fully saturated rings. The van der Waals surface area contributed by atoms with Gasteiger partial charge in [-0.15, -0.1) is 0 Å². The maximum atomic E-state index is 14.0. The molecule has 0 aliphatic carbocycles. The minimum absolute atomic E-state index is 0.0125. The van der Waals surface area contributed by atoms with E-state index in [1.54, 1.807) is 13.8 Å². The molecule has 71 heavy (non-hydrogen) atoms. The number of H-pyrrole nitrogens is 1. The van der Waals surface area contributed by atoms with Crippen LogP contribution in [0.4, 0.5) is 0 Å². The molecule has 1 aliphatic heterocycles. The highest BCUT2D eigenvalue weighted by Crippen LogP contribution is 2.20. The van der Waals surface area contributed by atoms with Gasteiger partial charge in [-0.3, -0.25) is 49.2 Å². The monoisotopic (exact) mass is 1030 g/mol. The van der Waals surface area contributed by atoms with E-state index in [9.17, 15) is 58.5 Å². The van der Waals surface area contributed by atoms with E-state index in [-0.39, 0.29) is 88.2 Å². The van der Waals surface area contributed by atoms with Gasteiger partial charge < -0.3 is 90.3 Å². The first-order valence-corrected chi connectivity index (χ1v) is 23.5. The normalized spacial score (nSPS) is 16.6. The molecule has 21 N–H and O–H groups in total. The van der Waals surface area contributed by atoms with E-state index < -0.39 is 121 Å². The largest absolute Gasteiger partial charge is 0.480 e. The molecule has 0 spiro atoms. The molecule has 0 aromatic carbocycles. The third kappa shape index (κ3) is 21.4. The Morgan fingerprint density at radius 3 is 1.93 bits per heavy atom. The molecule has 0 saturated carbocycles. The molecule has 1 aromatic heterocycles. The predicted octanol–water partition coefficient (Wildman–Crippen LogP) is -6.74. The summed E-state index contributed by atoms with van der Waals surface area (Å²) in [7, 11) is 0. The van der Waals surface area contributed by atoms with Gasteiger partial charge in [-0.05, 0) is 57.8 Å². The van der Waals surface area contributed by atoms with Crippen molar-refractivity contribution in [1.82, 2.24) is 62.7 Å². The Bertz CT molecular complexity index is 1990. The molecule has 30 heteroatoms. The van der Waals surface area contributed by atoms with Crippen molar-refractivity contribution in [3.63, 3.8) is 0 Å². The van der Waals surface area contributed by atoms with Crippen LogP contribution in [0.3, 0.4) is 0 Å². The summed E-state index contributed by atoms with van der Waals surface area (Å²) in [5.41, 5.74) is 16.7. The number of hydrogen-bond donors (Lipinski definition) is 19. The molecule has 0 bridgehead atoms. The van der Waals surface area contributed by atoms with Crippen molar-refractivity contribution >= 4 is 77.8 Å². The zero-order valence-corrected chi connectivity index (χ0v) is 40.8.